The van der Waals surface area contributed by atoms with Gasteiger partial charge < -0.3 is 15.2 Å². The van der Waals surface area contributed by atoms with Gasteiger partial charge in [0.25, 0.3) is 0 Å². The summed E-state index contributed by atoms with van der Waals surface area (Å²) in [5.74, 6) is 0. The minimum absolute atomic E-state index is 0.0285. The van der Waals surface area contributed by atoms with Gasteiger partial charge in [-0.1, -0.05) is 35.3 Å². The molecule has 0 aromatic heterocycles. The highest BCUT2D eigenvalue weighted by Crippen LogP contribution is 2.30. The van der Waals surface area contributed by atoms with E-state index in [0.717, 1.165) is 5.56 Å². The van der Waals surface area contributed by atoms with Gasteiger partial charge >= 0.3 is 0 Å². The lowest BCUT2D eigenvalue weighted by Crippen LogP contribution is -2.41. The molecule has 18 heavy (non-hydrogen) atoms. The smallest absolute Gasteiger partial charge is 0.103 e. The first-order valence-electron chi connectivity index (χ1n) is 5.99. The Morgan fingerprint density at radius 2 is 2.28 bits per heavy atom. The molecule has 100 valence electrons. The van der Waals surface area contributed by atoms with Gasteiger partial charge in [-0.3, -0.25) is 0 Å². The van der Waals surface area contributed by atoms with E-state index in [1.165, 1.54) is 0 Å². The molecule has 2 N–H and O–H groups in total. The molecule has 3 nitrogen and oxygen atoms in total. The predicted octanol–water partition coefficient (Wildman–Crippen LogP) is 2.80. The molecule has 0 amide bonds. The first kappa shape index (κ1) is 14.1. The van der Waals surface area contributed by atoms with Crippen molar-refractivity contribution in [2.45, 2.75) is 25.0 Å². The van der Waals surface area contributed by atoms with Crippen LogP contribution in [0.1, 0.15) is 24.9 Å². The van der Waals surface area contributed by atoms with Crippen LogP contribution in [0.5, 0.6) is 0 Å². The topological polar surface area (TPSA) is 41.5 Å². The second-order valence-corrected chi connectivity index (χ2v) is 5.56. The minimum atomic E-state index is -0.765. The van der Waals surface area contributed by atoms with Crippen molar-refractivity contribution in [3.05, 3.63) is 33.8 Å². The first-order valence-corrected chi connectivity index (χ1v) is 6.75. The van der Waals surface area contributed by atoms with Crippen LogP contribution in [0.4, 0.5) is 0 Å². The van der Waals surface area contributed by atoms with E-state index in [1.54, 1.807) is 6.07 Å². The molecule has 1 saturated heterocycles. The molecular formula is C13H17Cl2NO2. The molecule has 0 aliphatic carbocycles. The fourth-order valence-corrected chi connectivity index (χ4v) is 2.52. The molecular weight excluding hydrogens is 273 g/mol. The highest BCUT2D eigenvalue weighted by Gasteiger charge is 2.32. The van der Waals surface area contributed by atoms with Gasteiger partial charge in [0.05, 0.1) is 16.7 Å². The van der Waals surface area contributed by atoms with Gasteiger partial charge in [0.1, 0.15) is 5.60 Å². The van der Waals surface area contributed by atoms with Crippen LogP contribution in [0.3, 0.4) is 0 Å². The quantitative estimate of drug-likeness (QED) is 0.896. The highest BCUT2D eigenvalue weighted by molar-refractivity contribution is 6.42. The molecule has 1 heterocycles. The van der Waals surface area contributed by atoms with Gasteiger partial charge in [-0.15, -0.1) is 0 Å². The second-order valence-electron chi connectivity index (χ2n) is 4.77. The Morgan fingerprint density at radius 1 is 1.50 bits per heavy atom. The minimum Gasteiger partial charge on any atom is -0.386 e. The lowest BCUT2D eigenvalue weighted by atomic mass is 10.0. The van der Waals surface area contributed by atoms with E-state index in [4.69, 9.17) is 27.9 Å². The Morgan fingerprint density at radius 3 is 2.94 bits per heavy atom. The number of halogens is 2. The molecule has 0 saturated carbocycles. The lowest BCUT2D eigenvalue weighted by molar-refractivity contribution is 0.0252. The van der Waals surface area contributed by atoms with Crippen molar-refractivity contribution in [1.29, 1.82) is 0 Å². The number of hydrogen-bond donors (Lipinski definition) is 2. The van der Waals surface area contributed by atoms with Crippen molar-refractivity contribution >= 4 is 23.2 Å². The molecule has 1 aromatic rings. The van der Waals surface area contributed by atoms with Gasteiger partial charge in [0, 0.05) is 25.6 Å². The van der Waals surface area contributed by atoms with Crippen molar-refractivity contribution in [1.82, 2.24) is 5.32 Å². The summed E-state index contributed by atoms with van der Waals surface area (Å²) in [4.78, 5) is 0. The van der Waals surface area contributed by atoms with Crippen LogP contribution in [-0.4, -0.2) is 30.5 Å². The largest absolute Gasteiger partial charge is 0.386 e. The molecule has 5 heteroatoms. The van der Waals surface area contributed by atoms with Crippen LogP contribution in [0.15, 0.2) is 18.2 Å². The zero-order valence-corrected chi connectivity index (χ0v) is 11.8. The SMILES string of the molecule is CC(NCC1(O)CCOC1)c1cccc(Cl)c1Cl. The van der Waals surface area contributed by atoms with Crippen LogP contribution in [-0.2, 0) is 4.74 Å². The molecule has 1 fully saturated rings. The first-order chi connectivity index (χ1) is 8.52. The Bertz CT molecular complexity index is 419. The summed E-state index contributed by atoms with van der Waals surface area (Å²) in [7, 11) is 0. The summed E-state index contributed by atoms with van der Waals surface area (Å²) >= 11 is 12.1. The average Bonchev–Trinajstić information content (AvgIpc) is 2.77. The summed E-state index contributed by atoms with van der Waals surface area (Å²) in [6, 6.07) is 5.59. The second kappa shape index (κ2) is 5.76. The molecule has 1 aromatic carbocycles. The predicted molar refractivity (Wildman–Crippen MR) is 73.3 cm³/mol. The number of hydrogen-bond acceptors (Lipinski definition) is 3. The molecule has 2 unspecified atom stereocenters. The standard InChI is InChI=1S/C13H17Cl2NO2/c1-9(10-3-2-4-11(14)12(10)15)16-7-13(17)5-6-18-8-13/h2-4,9,16-17H,5-8H2,1H3. The van der Waals surface area contributed by atoms with E-state index in [0.29, 0.717) is 36.2 Å². The third-order valence-corrected chi connectivity index (χ3v) is 4.10. The van der Waals surface area contributed by atoms with Crippen LogP contribution in [0.25, 0.3) is 0 Å². The monoisotopic (exact) mass is 289 g/mol. The Hall–Kier alpha value is -0.320. The van der Waals surface area contributed by atoms with E-state index >= 15 is 0 Å². The van der Waals surface area contributed by atoms with Gasteiger partial charge in [0.15, 0.2) is 0 Å². The highest BCUT2D eigenvalue weighted by atomic mass is 35.5. The Balaban J connectivity index is 1.99. The molecule has 2 atom stereocenters. The number of rotatable bonds is 4. The van der Waals surface area contributed by atoms with Crippen molar-refractivity contribution < 1.29 is 9.84 Å². The van der Waals surface area contributed by atoms with E-state index in [1.807, 2.05) is 19.1 Å². The molecule has 2 rings (SSSR count). The van der Waals surface area contributed by atoms with Gasteiger partial charge in [-0.25, -0.2) is 0 Å². The van der Waals surface area contributed by atoms with Crippen LogP contribution in [0.2, 0.25) is 10.0 Å². The van der Waals surface area contributed by atoms with Crippen molar-refractivity contribution in [2.75, 3.05) is 19.8 Å². The van der Waals surface area contributed by atoms with E-state index in [2.05, 4.69) is 5.32 Å². The van der Waals surface area contributed by atoms with E-state index < -0.39 is 5.60 Å². The van der Waals surface area contributed by atoms with Crippen LogP contribution >= 0.6 is 23.2 Å². The maximum atomic E-state index is 10.2. The average molecular weight is 290 g/mol. The number of ether oxygens (including phenoxy) is 1. The zero-order valence-electron chi connectivity index (χ0n) is 10.2. The summed E-state index contributed by atoms with van der Waals surface area (Å²) in [5.41, 5.74) is 0.172. The van der Waals surface area contributed by atoms with Gasteiger partial charge in [0.2, 0.25) is 0 Å². The number of aliphatic hydroxyl groups is 1. The Labute approximate surface area is 117 Å². The summed E-state index contributed by atoms with van der Waals surface area (Å²) < 4.78 is 5.20. The van der Waals surface area contributed by atoms with Crippen molar-refractivity contribution in [2.24, 2.45) is 0 Å². The molecule has 0 spiro atoms. The third-order valence-electron chi connectivity index (χ3n) is 3.27. The number of benzene rings is 1. The van der Waals surface area contributed by atoms with Crippen LogP contribution < -0.4 is 5.32 Å². The number of nitrogens with one attached hydrogen (secondary N) is 1. The van der Waals surface area contributed by atoms with Crippen molar-refractivity contribution in [3.63, 3.8) is 0 Å². The van der Waals surface area contributed by atoms with E-state index in [9.17, 15) is 5.11 Å². The fraction of sp³-hybridized carbons (Fsp3) is 0.538. The van der Waals surface area contributed by atoms with Crippen molar-refractivity contribution in [3.8, 4) is 0 Å². The zero-order chi connectivity index (χ0) is 13.2. The molecule has 1 aliphatic heterocycles. The van der Waals surface area contributed by atoms with Gasteiger partial charge in [-0.05, 0) is 18.6 Å². The van der Waals surface area contributed by atoms with E-state index in [-0.39, 0.29) is 6.04 Å². The molecule has 0 radical (unpaired) electrons. The third kappa shape index (κ3) is 3.16. The van der Waals surface area contributed by atoms with Gasteiger partial charge in [-0.2, -0.15) is 0 Å². The fourth-order valence-electron chi connectivity index (χ4n) is 2.04. The van der Waals surface area contributed by atoms with Crippen LogP contribution in [0, 0.1) is 0 Å². The normalized spacial score (nSPS) is 25.3. The maximum absolute atomic E-state index is 10.2. The maximum Gasteiger partial charge on any atom is 0.103 e. The summed E-state index contributed by atoms with van der Waals surface area (Å²) in [6.45, 7) is 3.48. The lowest BCUT2D eigenvalue weighted by Gasteiger charge is -2.24. The molecule has 0 bridgehead atoms. The Kier molecular flexibility index (Phi) is 4.51. The molecule has 1 aliphatic rings. The summed E-state index contributed by atoms with van der Waals surface area (Å²) in [5, 5.41) is 14.6. The summed E-state index contributed by atoms with van der Waals surface area (Å²) in [6.07, 6.45) is 0.663.